The Morgan fingerprint density at radius 3 is 2.27 bits per heavy atom. The zero-order valence-electron chi connectivity index (χ0n) is 13.8. The fourth-order valence-electron chi connectivity index (χ4n) is 2.69. The quantitative estimate of drug-likeness (QED) is 0.701. The van der Waals surface area contributed by atoms with Gasteiger partial charge in [-0.05, 0) is 47.5 Å². The first-order valence-electron chi connectivity index (χ1n) is 7.85. The minimum Gasteiger partial charge on any atom is -0.207 e. The molecule has 0 saturated carbocycles. The lowest BCUT2D eigenvalue weighted by molar-refractivity contribution is -0.137. The third kappa shape index (κ3) is 3.89. The molecule has 0 bridgehead atoms. The molecule has 26 heavy (non-hydrogen) atoms. The van der Waals surface area contributed by atoms with Gasteiger partial charge in [-0.2, -0.15) is 13.2 Å². The second kappa shape index (κ2) is 6.74. The van der Waals surface area contributed by atoms with Crippen molar-refractivity contribution in [2.24, 2.45) is 0 Å². The SMILES string of the molecule is CC(NS(=O)(=O)c1cccc(C(F)(F)F)c1)c1ccc2ccccc2c1. The van der Waals surface area contributed by atoms with Crippen LogP contribution in [0.4, 0.5) is 13.2 Å². The number of hydrogen-bond donors (Lipinski definition) is 1. The number of benzene rings is 3. The fraction of sp³-hybridized carbons (Fsp3) is 0.158. The molecule has 0 aliphatic carbocycles. The summed E-state index contributed by atoms with van der Waals surface area (Å²) in [6.45, 7) is 1.65. The van der Waals surface area contributed by atoms with Gasteiger partial charge >= 0.3 is 6.18 Å². The van der Waals surface area contributed by atoms with Gasteiger partial charge in [0.05, 0.1) is 10.5 Å². The van der Waals surface area contributed by atoms with Crippen LogP contribution in [0.25, 0.3) is 10.8 Å². The van der Waals surface area contributed by atoms with Gasteiger partial charge in [0.25, 0.3) is 0 Å². The van der Waals surface area contributed by atoms with Gasteiger partial charge in [-0.1, -0.05) is 42.5 Å². The molecular weight excluding hydrogens is 363 g/mol. The standard InChI is InChI=1S/C19H16F3NO2S/c1-13(15-10-9-14-5-2-3-6-16(14)11-15)23-26(24,25)18-8-4-7-17(12-18)19(20,21)22/h2-13,23H,1H3. The van der Waals surface area contributed by atoms with Crippen molar-refractivity contribution in [1.82, 2.24) is 4.72 Å². The average molecular weight is 379 g/mol. The number of fused-ring (bicyclic) bond motifs is 1. The molecule has 0 saturated heterocycles. The number of nitrogens with one attached hydrogen (secondary N) is 1. The van der Waals surface area contributed by atoms with Gasteiger partial charge in [0.1, 0.15) is 0 Å². The lowest BCUT2D eigenvalue weighted by Crippen LogP contribution is -2.27. The summed E-state index contributed by atoms with van der Waals surface area (Å²) in [4.78, 5) is -0.417. The molecule has 0 fully saturated rings. The Morgan fingerprint density at radius 1 is 0.885 bits per heavy atom. The molecule has 0 aliphatic rings. The molecule has 0 aromatic heterocycles. The van der Waals surface area contributed by atoms with Crippen LogP contribution in [0.1, 0.15) is 24.1 Å². The van der Waals surface area contributed by atoms with E-state index < -0.39 is 32.7 Å². The van der Waals surface area contributed by atoms with E-state index in [1.54, 1.807) is 13.0 Å². The highest BCUT2D eigenvalue weighted by molar-refractivity contribution is 7.89. The fourth-order valence-corrected chi connectivity index (χ4v) is 3.96. The summed E-state index contributed by atoms with van der Waals surface area (Å²) in [5.41, 5.74) is -0.280. The van der Waals surface area contributed by atoms with Gasteiger partial charge in [0, 0.05) is 6.04 Å². The largest absolute Gasteiger partial charge is 0.416 e. The van der Waals surface area contributed by atoms with Crippen molar-refractivity contribution < 1.29 is 21.6 Å². The molecule has 0 heterocycles. The van der Waals surface area contributed by atoms with E-state index in [0.717, 1.165) is 34.5 Å². The van der Waals surface area contributed by atoms with Gasteiger partial charge in [0.2, 0.25) is 10.0 Å². The molecule has 1 atom stereocenters. The first-order chi connectivity index (χ1) is 12.2. The lowest BCUT2D eigenvalue weighted by atomic mass is 10.0. The Hall–Kier alpha value is -2.38. The summed E-state index contributed by atoms with van der Waals surface area (Å²) in [6.07, 6.45) is -4.60. The van der Waals surface area contributed by atoms with Crippen LogP contribution in [0.15, 0.2) is 71.6 Å². The summed E-state index contributed by atoms with van der Waals surface area (Å²) in [6, 6.07) is 16.3. The van der Waals surface area contributed by atoms with Gasteiger partial charge < -0.3 is 0 Å². The van der Waals surface area contributed by atoms with Crippen molar-refractivity contribution in [3.63, 3.8) is 0 Å². The van der Waals surface area contributed by atoms with Gasteiger partial charge in [-0.25, -0.2) is 13.1 Å². The summed E-state index contributed by atoms with van der Waals surface area (Å²) in [5, 5.41) is 1.97. The van der Waals surface area contributed by atoms with Crippen molar-refractivity contribution >= 4 is 20.8 Å². The van der Waals surface area contributed by atoms with E-state index in [1.165, 1.54) is 0 Å². The zero-order chi connectivity index (χ0) is 18.9. The molecular formula is C19H16F3NO2S. The third-order valence-electron chi connectivity index (χ3n) is 4.08. The number of hydrogen-bond acceptors (Lipinski definition) is 2. The van der Waals surface area contributed by atoms with Crippen molar-refractivity contribution in [2.75, 3.05) is 0 Å². The van der Waals surface area contributed by atoms with Crippen molar-refractivity contribution in [2.45, 2.75) is 24.0 Å². The molecule has 3 aromatic rings. The smallest absolute Gasteiger partial charge is 0.207 e. The zero-order valence-corrected chi connectivity index (χ0v) is 14.6. The van der Waals surface area contributed by atoms with E-state index in [4.69, 9.17) is 0 Å². The predicted molar refractivity (Wildman–Crippen MR) is 94.1 cm³/mol. The molecule has 3 rings (SSSR count). The number of halogens is 3. The molecule has 0 radical (unpaired) electrons. The molecule has 1 unspecified atom stereocenters. The van der Waals surface area contributed by atoms with Crippen LogP contribution >= 0.6 is 0 Å². The van der Waals surface area contributed by atoms with Crippen LogP contribution in [0, 0.1) is 0 Å². The highest BCUT2D eigenvalue weighted by Crippen LogP contribution is 2.31. The van der Waals surface area contributed by atoms with Crippen molar-refractivity contribution in [3.05, 3.63) is 77.9 Å². The van der Waals surface area contributed by atoms with Crippen molar-refractivity contribution in [1.29, 1.82) is 0 Å². The minimum absolute atomic E-state index is 0.417. The van der Waals surface area contributed by atoms with E-state index in [1.807, 2.05) is 36.4 Å². The summed E-state index contributed by atoms with van der Waals surface area (Å²) in [7, 11) is -4.09. The lowest BCUT2D eigenvalue weighted by Gasteiger charge is -2.16. The van der Waals surface area contributed by atoms with E-state index in [-0.39, 0.29) is 0 Å². The highest BCUT2D eigenvalue weighted by atomic mass is 32.2. The Bertz CT molecular complexity index is 1050. The van der Waals surface area contributed by atoms with E-state index >= 15 is 0 Å². The average Bonchev–Trinajstić information content (AvgIpc) is 2.60. The molecule has 3 aromatic carbocycles. The van der Waals surface area contributed by atoms with Crippen LogP contribution in [-0.4, -0.2) is 8.42 Å². The molecule has 1 N–H and O–H groups in total. The Balaban J connectivity index is 1.88. The van der Waals surface area contributed by atoms with Crippen LogP contribution in [-0.2, 0) is 16.2 Å². The second-order valence-electron chi connectivity index (χ2n) is 5.98. The summed E-state index contributed by atoms with van der Waals surface area (Å²) >= 11 is 0. The minimum atomic E-state index is -4.60. The molecule has 7 heteroatoms. The molecule has 136 valence electrons. The maximum absolute atomic E-state index is 12.8. The molecule has 0 amide bonds. The van der Waals surface area contributed by atoms with Gasteiger partial charge in [-0.3, -0.25) is 0 Å². The Morgan fingerprint density at radius 2 is 1.58 bits per heavy atom. The molecule has 3 nitrogen and oxygen atoms in total. The first kappa shape index (κ1) is 18.4. The third-order valence-corrected chi connectivity index (χ3v) is 5.62. The maximum atomic E-state index is 12.8. The van der Waals surface area contributed by atoms with E-state index in [0.29, 0.717) is 6.07 Å². The maximum Gasteiger partial charge on any atom is 0.416 e. The van der Waals surface area contributed by atoms with Crippen LogP contribution in [0.2, 0.25) is 0 Å². The highest BCUT2D eigenvalue weighted by Gasteiger charge is 2.31. The number of sulfonamides is 1. The van der Waals surface area contributed by atoms with Crippen LogP contribution in [0.3, 0.4) is 0 Å². The van der Waals surface area contributed by atoms with E-state index in [2.05, 4.69) is 4.72 Å². The van der Waals surface area contributed by atoms with Crippen molar-refractivity contribution in [3.8, 4) is 0 Å². The molecule has 0 aliphatic heterocycles. The van der Waals surface area contributed by atoms with Gasteiger partial charge in [0.15, 0.2) is 0 Å². The normalized spacial score (nSPS) is 13.7. The first-order valence-corrected chi connectivity index (χ1v) is 9.33. The topological polar surface area (TPSA) is 46.2 Å². The predicted octanol–water partition coefficient (Wildman–Crippen LogP) is 4.90. The van der Waals surface area contributed by atoms with E-state index in [9.17, 15) is 21.6 Å². The summed E-state index contributed by atoms with van der Waals surface area (Å²) in [5.74, 6) is 0. The van der Waals surface area contributed by atoms with Crippen LogP contribution in [0.5, 0.6) is 0 Å². The molecule has 0 spiro atoms. The number of alkyl halides is 3. The Kier molecular flexibility index (Phi) is 4.77. The van der Waals surface area contributed by atoms with Crippen LogP contribution < -0.4 is 4.72 Å². The summed E-state index contributed by atoms with van der Waals surface area (Å²) < 4.78 is 65.8. The monoisotopic (exact) mass is 379 g/mol. The second-order valence-corrected chi connectivity index (χ2v) is 7.69. The van der Waals surface area contributed by atoms with Gasteiger partial charge in [-0.15, -0.1) is 0 Å². The Labute approximate surface area is 149 Å². The number of rotatable bonds is 4.